The molecule has 2 aromatic carbocycles. The monoisotopic (exact) mass is 371 g/mol. The summed E-state index contributed by atoms with van der Waals surface area (Å²) in [6, 6.07) is 13.7. The van der Waals surface area contributed by atoms with Crippen molar-refractivity contribution in [1.82, 2.24) is 4.98 Å². The lowest BCUT2D eigenvalue weighted by molar-refractivity contribution is 0.102. The first-order valence-electron chi connectivity index (χ1n) is 7.54. The number of benzene rings is 2. The molecular weight excluding hydrogens is 357 g/mol. The number of carbonyl (C=O) groups is 1. The Morgan fingerprint density at radius 1 is 0.846 bits per heavy atom. The van der Waals surface area contributed by atoms with Gasteiger partial charge in [-0.3, -0.25) is 14.5 Å². The molecule has 0 spiro atoms. The van der Waals surface area contributed by atoms with Gasteiger partial charge in [0.05, 0.1) is 4.90 Å². The van der Waals surface area contributed by atoms with E-state index in [1.54, 1.807) is 24.5 Å². The molecule has 26 heavy (non-hydrogen) atoms. The van der Waals surface area contributed by atoms with E-state index in [9.17, 15) is 17.6 Å². The van der Waals surface area contributed by atoms with Crippen molar-refractivity contribution >= 4 is 27.3 Å². The summed E-state index contributed by atoms with van der Waals surface area (Å²) < 4.78 is 39.8. The van der Waals surface area contributed by atoms with Crippen LogP contribution in [0.3, 0.4) is 0 Å². The second kappa shape index (κ2) is 7.32. The van der Waals surface area contributed by atoms with Gasteiger partial charge in [0.25, 0.3) is 15.9 Å². The van der Waals surface area contributed by atoms with Crippen LogP contribution in [0.4, 0.5) is 15.8 Å². The Labute approximate surface area is 149 Å². The van der Waals surface area contributed by atoms with Crippen molar-refractivity contribution in [3.8, 4) is 0 Å². The first-order valence-corrected chi connectivity index (χ1v) is 9.02. The molecule has 0 saturated carbocycles. The molecule has 1 amide bonds. The predicted molar refractivity (Wildman–Crippen MR) is 95.8 cm³/mol. The fourth-order valence-corrected chi connectivity index (χ4v) is 3.21. The van der Waals surface area contributed by atoms with E-state index in [1.807, 2.05) is 0 Å². The van der Waals surface area contributed by atoms with Gasteiger partial charge in [0, 0.05) is 29.3 Å². The first kappa shape index (κ1) is 17.6. The van der Waals surface area contributed by atoms with E-state index in [-0.39, 0.29) is 16.5 Å². The fraction of sp³-hybridized carbons (Fsp3) is 0. The molecule has 0 radical (unpaired) electrons. The Bertz CT molecular complexity index is 1010. The SMILES string of the molecule is O=C(Nc1ccncc1)c1ccc(NS(=O)(=O)c2ccc(F)cc2)cc1. The Hall–Kier alpha value is -3.26. The number of anilines is 2. The Kier molecular flexibility index (Phi) is 4.94. The maximum atomic E-state index is 12.9. The van der Waals surface area contributed by atoms with Gasteiger partial charge in [0.15, 0.2) is 0 Å². The Balaban J connectivity index is 1.71. The second-order valence-corrected chi connectivity index (χ2v) is 7.01. The standard InChI is InChI=1S/C18H14FN3O3S/c19-14-3-7-17(8-4-14)26(24,25)22-16-5-1-13(2-6-16)18(23)21-15-9-11-20-12-10-15/h1-12,22H,(H,20,21,23). The Morgan fingerprint density at radius 3 is 2.08 bits per heavy atom. The van der Waals surface area contributed by atoms with E-state index in [2.05, 4.69) is 15.0 Å². The summed E-state index contributed by atoms with van der Waals surface area (Å²) in [7, 11) is -3.84. The lowest BCUT2D eigenvalue weighted by Crippen LogP contribution is -2.14. The fourth-order valence-electron chi connectivity index (χ4n) is 2.16. The molecule has 2 N–H and O–H groups in total. The minimum atomic E-state index is -3.84. The van der Waals surface area contributed by atoms with Gasteiger partial charge in [0.2, 0.25) is 0 Å². The maximum absolute atomic E-state index is 12.9. The van der Waals surface area contributed by atoms with Crippen molar-refractivity contribution < 1.29 is 17.6 Å². The highest BCUT2D eigenvalue weighted by Gasteiger charge is 2.14. The van der Waals surface area contributed by atoms with Gasteiger partial charge in [-0.2, -0.15) is 0 Å². The molecule has 0 unspecified atom stereocenters. The number of hydrogen-bond acceptors (Lipinski definition) is 4. The number of rotatable bonds is 5. The van der Waals surface area contributed by atoms with Crippen molar-refractivity contribution in [3.63, 3.8) is 0 Å². The largest absolute Gasteiger partial charge is 0.322 e. The van der Waals surface area contributed by atoms with Crippen LogP contribution in [0.1, 0.15) is 10.4 Å². The summed E-state index contributed by atoms with van der Waals surface area (Å²) in [5, 5.41) is 2.70. The number of hydrogen-bond donors (Lipinski definition) is 2. The third-order valence-corrected chi connectivity index (χ3v) is 4.86. The quantitative estimate of drug-likeness (QED) is 0.720. The number of nitrogens with one attached hydrogen (secondary N) is 2. The van der Waals surface area contributed by atoms with E-state index in [4.69, 9.17) is 0 Å². The molecule has 8 heteroatoms. The van der Waals surface area contributed by atoms with Crippen LogP contribution < -0.4 is 10.0 Å². The van der Waals surface area contributed by atoms with E-state index in [0.717, 1.165) is 12.1 Å². The number of nitrogens with zero attached hydrogens (tertiary/aromatic N) is 1. The smallest absolute Gasteiger partial charge is 0.261 e. The average Bonchev–Trinajstić information content (AvgIpc) is 2.63. The number of pyridine rings is 1. The molecule has 132 valence electrons. The number of sulfonamides is 1. The van der Waals surface area contributed by atoms with Crippen LogP contribution in [-0.2, 0) is 10.0 Å². The molecule has 3 aromatic rings. The summed E-state index contributed by atoms with van der Waals surface area (Å²) in [4.78, 5) is 16.0. The van der Waals surface area contributed by atoms with Crippen LogP contribution in [-0.4, -0.2) is 19.3 Å². The molecule has 1 aromatic heterocycles. The van der Waals surface area contributed by atoms with E-state index in [1.165, 1.54) is 36.4 Å². The zero-order valence-corrected chi connectivity index (χ0v) is 14.2. The van der Waals surface area contributed by atoms with Crippen molar-refractivity contribution in [2.45, 2.75) is 4.90 Å². The number of amides is 1. The zero-order valence-electron chi connectivity index (χ0n) is 13.4. The van der Waals surface area contributed by atoms with Crippen LogP contribution in [0.2, 0.25) is 0 Å². The molecule has 0 aliphatic heterocycles. The van der Waals surface area contributed by atoms with Crippen molar-refractivity contribution in [3.05, 3.63) is 84.4 Å². The van der Waals surface area contributed by atoms with E-state index >= 15 is 0 Å². The van der Waals surface area contributed by atoms with Gasteiger partial charge >= 0.3 is 0 Å². The average molecular weight is 371 g/mol. The van der Waals surface area contributed by atoms with Crippen molar-refractivity contribution in [1.29, 1.82) is 0 Å². The number of aromatic nitrogens is 1. The highest BCUT2D eigenvalue weighted by atomic mass is 32.2. The second-order valence-electron chi connectivity index (χ2n) is 5.33. The van der Waals surface area contributed by atoms with Gasteiger partial charge < -0.3 is 5.32 Å². The topological polar surface area (TPSA) is 88.2 Å². The third kappa shape index (κ3) is 4.22. The van der Waals surface area contributed by atoms with Gasteiger partial charge in [-0.1, -0.05) is 0 Å². The molecule has 6 nitrogen and oxygen atoms in total. The summed E-state index contributed by atoms with van der Waals surface area (Å²) in [5.41, 5.74) is 1.26. The molecule has 0 fully saturated rings. The van der Waals surface area contributed by atoms with Gasteiger partial charge in [-0.05, 0) is 60.7 Å². The summed E-state index contributed by atoms with van der Waals surface area (Å²) >= 11 is 0. The van der Waals surface area contributed by atoms with Crippen LogP contribution in [0.25, 0.3) is 0 Å². The third-order valence-electron chi connectivity index (χ3n) is 3.46. The Morgan fingerprint density at radius 2 is 1.46 bits per heavy atom. The van der Waals surface area contributed by atoms with Gasteiger partial charge in [-0.15, -0.1) is 0 Å². The maximum Gasteiger partial charge on any atom is 0.261 e. The zero-order chi connectivity index (χ0) is 18.6. The van der Waals surface area contributed by atoms with Crippen LogP contribution >= 0.6 is 0 Å². The minimum Gasteiger partial charge on any atom is -0.322 e. The van der Waals surface area contributed by atoms with Gasteiger partial charge in [0.1, 0.15) is 5.82 Å². The number of halogens is 1. The predicted octanol–water partition coefficient (Wildman–Crippen LogP) is 3.27. The first-order chi connectivity index (χ1) is 12.4. The molecule has 0 saturated heterocycles. The molecule has 1 heterocycles. The summed E-state index contributed by atoms with van der Waals surface area (Å²) in [5.74, 6) is -0.849. The van der Waals surface area contributed by atoms with E-state index in [0.29, 0.717) is 11.3 Å². The van der Waals surface area contributed by atoms with Crippen molar-refractivity contribution in [2.75, 3.05) is 10.0 Å². The van der Waals surface area contributed by atoms with E-state index < -0.39 is 15.8 Å². The summed E-state index contributed by atoms with van der Waals surface area (Å²) in [6.07, 6.45) is 3.12. The normalized spacial score (nSPS) is 11.0. The van der Waals surface area contributed by atoms with Crippen molar-refractivity contribution in [2.24, 2.45) is 0 Å². The molecule has 0 aliphatic rings. The molecule has 0 bridgehead atoms. The lowest BCUT2D eigenvalue weighted by Gasteiger charge is -2.09. The molecule has 3 rings (SSSR count). The van der Waals surface area contributed by atoms with Crippen LogP contribution in [0.15, 0.2) is 78.0 Å². The highest BCUT2D eigenvalue weighted by molar-refractivity contribution is 7.92. The van der Waals surface area contributed by atoms with Gasteiger partial charge in [-0.25, -0.2) is 12.8 Å². The van der Waals surface area contributed by atoms with Crippen LogP contribution in [0, 0.1) is 5.82 Å². The number of carbonyl (C=O) groups excluding carboxylic acids is 1. The summed E-state index contributed by atoms with van der Waals surface area (Å²) in [6.45, 7) is 0. The van der Waals surface area contributed by atoms with Crippen LogP contribution in [0.5, 0.6) is 0 Å². The molecular formula is C18H14FN3O3S. The highest BCUT2D eigenvalue weighted by Crippen LogP contribution is 2.17. The lowest BCUT2D eigenvalue weighted by atomic mass is 10.2. The molecule has 0 aliphatic carbocycles. The minimum absolute atomic E-state index is 0.0570. The molecule has 0 atom stereocenters.